The molecular weight excluding hydrogens is 172 g/mol. The van der Waals surface area contributed by atoms with Crippen molar-refractivity contribution in [1.29, 1.82) is 0 Å². The summed E-state index contributed by atoms with van der Waals surface area (Å²) in [6, 6.07) is 10.5. The summed E-state index contributed by atoms with van der Waals surface area (Å²) in [5.74, 6) is 0. The predicted octanol–water partition coefficient (Wildman–Crippen LogP) is 2.42. The van der Waals surface area contributed by atoms with Crippen molar-refractivity contribution >= 4 is 0 Å². The van der Waals surface area contributed by atoms with E-state index in [1.54, 1.807) is 0 Å². The third-order valence-electron chi connectivity index (χ3n) is 2.29. The maximum atomic E-state index is 3.07. The fraction of sp³-hybridized carbons (Fsp3) is 0.167. The van der Waals surface area contributed by atoms with Crippen LogP contribution in [0.5, 0.6) is 0 Å². The summed E-state index contributed by atoms with van der Waals surface area (Å²) in [6.45, 7) is 3.03. The van der Waals surface area contributed by atoms with Gasteiger partial charge in [-0.15, -0.1) is 0 Å². The van der Waals surface area contributed by atoms with Crippen molar-refractivity contribution in [2.24, 2.45) is 0 Å². The van der Waals surface area contributed by atoms with E-state index in [-0.39, 0.29) is 0 Å². The molecule has 0 aliphatic carbocycles. The highest BCUT2D eigenvalue weighted by Gasteiger charge is 2.04. The van der Waals surface area contributed by atoms with Gasteiger partial charge in [-0.25, -0.2) is 0 Å². The SMILES string of the molecule is CC1=CNC=CN1Cc1ccccc1. The van der Waals surface area contributed by atoms with E-state index in [0.717, 1.165) is 6.54 Å². The smallest absolute Gasteiger partial charge is 0.0473 e. The zero-order chi connectivity index (χ0) is 9.80. The van der Waals surface area contributed by atoms with Gasteiger partial charge in [0, 0.05) is 30.8 Å². The Morgan fingerprint density at radius 3 is 2.71 bits per heavy atom. The third-order valence-corrected chi connectivity index (χ3v) is 2.29. The van der Waals surface area contributed by atoms with Crippen LogP contribution in [0.3, 0.4) is 0 Å². The quantitative estimate of drug-likeness (QED) is 0.763. The van der Waals surface area contributed by atoms with Crippen LogP contribution in [-0.2, 0) is 6.54 Å². The number of allylic oxidation sites excluding steroid dienone is 1. The van der Waals surface area contributed by atoms with Gasteiger partial charge in [0.05, 0.1) is 0 Å². The van der Waals surface area contributed by atoms with Gasteiger partial charge in [0.15, 0.2) is 0 Å². The number of nitrogens with one attached hydrogen (secondary N) is 1. The van der Waals surface area contributed by atoms with Gasteiger partial charge in [-0.3, -0.25) is 0 Å². The molecule has 0 fully saturated rings. The lowest BCUT2D eigenvalue weighted by Crippen LogP contribution is -2.20. The van der Waals surface area contributed by atoms with Crippen LogP contribution in [-0.4, -0.2) is 4.90 Å². The Morgan fingerprint density at radius 1 is 1.21 bits per heavy atom. The highest BCUT2D eigenvalue weighted by molar-refractivity contribution is 5.18. The van der Waals surface area contributed by atoms with Crippen LogP contribution in [0.1, 0.15) is 12.5 Å². The first-order valence-corrected chi connectivity index (χ1v) is 4.76. The number of hydrogen-bond donors (Lipinski definition) is 1. The Bertz CT molecular complexity index is 352. The molecule has 0 saturated carbocycles. The molecule has 0 unspecified atom stereocenters. The molecule has 0 radical (unpaired) electrons. The fourth-order valence-electron chi connectivity index (χ4n) is 1.46. The summed E-state index contributed by atoms with van der Waals surface area (Å²) in [5.41, 5.74) is 2.56. The Balaban J connectivity index is 2.08. The van der Waals surface area contributed by atoms with Crippen LogP contribution in [0.15, 0.2) is 54.6 Å². The fourth-order valence-corrected chi connectivity index (χ4v) is 1.46. The monoisotopic (exact) mass is 186 g/mol. The zero-order valence-corrected chi connectivity index (χ0v) is 8.27. The molecule has 0 bridgehead atoms. The number of nitrogens with zero attached hydrogens (tertiary/aromatic N) is 1. The topological polar surface area (TPSA) is 15.3 Å². The van der Waals surface area contributed by atoms with Gasteiger partial charge in [0.25, 0.3) is 0 Å². The Kier molecular flexibility index (Phi) is 2.54. The molecule has 1 aromatic carbocycles. The molecule has 0 amide bonds. The summed E-state index contributed by atoms with van der Waals surface area (Å²) < 4.78 is 0. The standard InChI is InChI=1S/C12H14N2/c1-11-9-13-7-8-14(11)10-12-5-3-2-4-6-12/h2-9,13H,10H2,1H3. The molecule has 1 aliphatic heterocycles. The summed E-state index contributed by atoms with van der Waals surface area (Å²) >= 11 is 0. The molecule has 14 heavy (non-hydrogen) atoms. The molecule has 1 aromatic rings. The first kappa shape index (κ1) is 8.88. The van der Waals surface area contributed by atoms with Gasteiger partial charge in [0.1, 0.15) is 0 Å². The molecule has 1 N–H and O–H groups in total. The average molecular weight is 186 g/mol. The Morgan fingerprint density at radius 2 is 2.00 bits per heavy atom. The minimum absolute atomic E-state index is 0.932. The van der Waals surface area contributed by atoms with Crippen molar-refractivity contribution in [3.63, 3.8) is 0 Å². The number of rotatable bonds is 2. The van der Waals surface area contributed by atoms with Crippen LogP contribution >= 0.6 is 0 Å². The molecular formula is C12H14N2. The highest BCUT2D eigenvalue weighted by Crippen LogP contribution is 2.12. The van der Waals surface area contributed by atoms with Crippen molar-refractivity contribution < 1.29 is 0 Å². The van der Waals surface area contributed by atoms with E-state index < -0.39 is 0 Å². The molecule has 72 valence electrons. The van der Waals surface area contributed by atoms with E-state index in [1.807, 2.05) is 18.5 Å². The number of hydrogen-bond acceptors (Lipinski definition) is 2. The molecule has 0 aromatic heterocycles. The van der Waals surface area contributed by atoms with E-state index in [4.69, 9.17) is 0 Å². The minimum atomic E-state index is 0.932. The second-order valence-corrected chi connectivity index (χ2v) is 3.38. The normalized spacial score (nSPS) is 14.9. The van der Waals surface area contributed by atoms with Crippen molar-refractivity contribution in [2.45, 2.75) is 13.5 Å². The van der Waals surface area contributed by atoms with Gasteiger partial charge >= 0.3 is 0 Å². The Hall–Kier alpha value is -1.70. The minimum Gasteiger partial charge on any atom is -0.365 e. The third kappa shape index (κ3) is 1.96. The van der Waals surface area contributed by atoms with Crippen LogP contribution in [0.25, 0.3) is 0 Å². The number of benzene rings is 1. The Labute approximate surface area is 84.5 Å². The first-order chi connectivity index (χ1) is 6.86. The van der Waals surface area contributed by atoms with E-state index in [2.05, 4.69) is 47.6 Å². The maximum Gasteiger partial charge on any atom is 0.0473 e. The largest absolute Gasteiger partial charge is 0.365 e. The second kappa shape index (κ2) is 4.01. The van der Waals surface area contributed by atoms with Gasteiger partial charge < -0.3 is 10.2 Å². The van der Waals surface area contributed by atoms with E-state index >= 15 is 0 Å². The molecule has 2 rings (SSSR count). The van der Waals surface area contributed by atoms with Crippen molar-refractivity contribution in [3.8, 4) is 0 Å². The summed E-state index contributed by atoms with van der Waals surface area (Å²) in [5, 5.41) is 3.07. The van der Waals surface area contributed by atoms with Crippen LogP contribution in [0.4, 0.5) is 0 Å². The molecule has 0 spiro atoms. The van der Waals surface area contributed by atoms with Crippen LogP contribution < -0.4 is 5.32 Å². The maximum absolute atomic E-state index is 3.07. The molecule has 1 heterocycles. The van der Waals surface area contributed by atoms with Gasteiger partial charge in [-0.1, -0.05) is 30.3 Å². The lowest BCUT2D eigenvalue weighted by Gasteiger charge is -2.23. The lowest BCUT2D eigenvalue weighted by molar-refractivity contribution is 0.447. The van der Waals surface area contributed by atoms with Gasteiger partial charge in [-0.2, -0.15) is 0 Å². The van der Waals surface area contributed by atoms with Crippen LogP contribution in [0.2, 0.25) is 0 Å². The van der Waals surface area contributed by atoms with Crippen molar-refractivity contribution in [2.75, 3.05) is 0 Å². The van der Waals surface area contributed by atoms with E-state index in [1.165, 1.54) is 11.3 Å². The average Bonchev–Trinajstić information content (AvgIpc) is 2.23. The summed E-state index contributed by atoms with van der Waals surface area (Å²) in [4.78, 5) is 2.21. The summed E-state index contributed by atoms with van der Waals surface area (Å²) in [7, 11) is 0. The van der Waals surface area contributed by atoms with Crippen molar-refractivity contribution in [3.05, 3.63) is 60.2 Å². The summed E-state index contributed by atoms with van der Waals surface area (Å²) in [6.07, 6.45) is 6.00. The van der Waals surface area contributed by atoms with Gasteiger partial charge in [0.2, 0.25) is 0 Å². The van der Waals surface area contributed by atoms with E-state index in [9.17, 15) is 0 Å². The van der Waals surface area contributed by atoms with Crippen LogP contribution in [0, 0.1) is 0 Å². The molecule has 0 atom stereocenters. The predicted molar refractivity (Wildman–Crippen MR) is 58.0 cm³/mol. The molecule has 1 aliphatic rings. The molecule has 0 saturated heterocycles. The highest BCUT2D eigenvalue weighted by atomic mass is 15.1. The zero-order valence-electron chi connectivity index (χ0n) is 8.27. The molecule has 2 nitrogen and oxygen atoms in total. The van der Waals surface area contributed by atoms with E-state index in [0.29, 0.717) is 0 Å². The lowest BCUT2D eigenvalue weighted by atomic mass is 10.2. The first-order valence-electron chi connectivity index (χ1n) is 4.76. The van der Waals surface area contributed by atoms with Crippen molar-refractivity contribution in [1.82, 2.24) is 10.2 Å². The molecule has 2 heteroatoms. The van der Waals surface area contributed by atoms with Gasteiger partial charge in [-0.05, 0) is 12.5 Å². The second-order valence-electron chi connectivity index (χ2n) is 3.38.